The maximum atomic E-state index is 13.1. The molecule has 0 spiro atoms. The fourth-order valence-electron chi connectivity index (χ4n) is 4.02. The summed E-state index contributed by atoms with van der Waals surface area (Å²) >= 11 is 6.14. The number of carbonyl (C=O) groups excluding carboxylic acids is 2. The van der Waals surface area contributed by atoms with Crippen LogP contribution in [-0.2, 0) is 21.4 Å². The minimum atomic E-state index is -0.491. The molecule has 1 aliphatic carbocycles. The molecule has 2 aliphatic rings. The summed E-state index contributed by atoms with van der Waals surface area (Å²) in [6.07, 6.45) is 3.53. The summed E-state index contributed by atoms with van der Waals surface area (Å²) in [5.41, 5.74) is 3.33. The van der Waals surface area contributed by atoms with Crippen LogP contribution in [0.15, 0.2) is 42.5 Å². The van der Waals surface area contributed by atoms with Gasteiger partial charge in [0.15, 0.2) is 0 Å². The van der Waals surface area contributed by atoms with Crippen LogP contribution in [0.2, 0.25) is 5.02 Å². The van der Waals surface area contributed by atoms with E-state index < -0.39 is 5.41 Å². The van der Waals surface area contributed by atoms with Crippen molar-refractivity contribution < 1.29 is 9.59 Å². The van der Waals surface area contributed by atoms with Gasteiger partial charge < -0.3 is 10.2 Å². The Morgan fingerprint density at radius 2 is 1.96 bits per heavy atom. The lowest BCUT2D eigenvalue weighted by atomic mass is 9.64. The summed E-state index contributed by atoms with van der Waals surface area (Å²) in [4.78, 5) is 26.5. The summed E-state index contributed by atoms with van der Waals surface area (Å²) < 4.78 is 0. The molecule has 1 fully saturated rings. The molecule has 1 heterocycles. The molecule has 4 rings (SSSR count). The van der Waals surface area contributed by atoms with Gasteiger partial charge in [0.05, 0.1) is 5.41 Å². The third kappa shape index (κ3) is 2.78. The zero-order valence-electron chi connectivity index (χ0n) is 14.7. The Morgan fingerprint density at radius 3 is 2.62 bits per heavy atom. The molecule has 4 nitrogen and oxygen atoms in total. The van der Waals surface area contributed by atoms with Crippen LogP contribution in [-0.4, -0.2) is 18.4 Å². The predicted octanol–water partition coefficient (Wildman–Crippen LogP) is 4.31. The molecule has 5 heteroatoms. The van der Waals surface area contributed by atoms with Crippen molar-refractivity contribution in [1.82, 2.24) is 0 Å². The largest absolute Gasteiger partial charge is 0.325 e. The molecule has 0 saturated heterocycles. The average Bonchev–Trinajstić information content (AvgIpc) is 2.97. The van der Waals surface area contributed by atoms with E-state index in [1.165, 1.54) is 0 Å². The second-order valence-electron chi connectivity index (χ2n) is 7.16. The number of halogens is 1. The van der Waals surface area contributed by atoms with Crippen LogP contribution in [0.25, 0.3) is 0 Å². The van der Waals surface area contributed by atoms with Crippen LogP contribution < -0.4 is 10.2 Å². The minimum absolute atomic E-state index is 0.0207. The molecule has 0 aromatic heterocycles. The van der Waals surface area contributed by atoms with Gasteiger partial charge in [0, 0.05) is 29.9 Å². The van der Waals surface area contributed by atoms with Crippen molar-refractivity contribution in [2.45, 2.75) is 38.0 Å². The summed E-state index contributed by atoms with van der Waals surface area (Å²) in [6.45, 7) is 2.28. The number of hydrogen-bond acceptors (Lipinski definition) is 2. The first-order valence-corrected chi connectivity index (χ1v) is 9.36. The number of amides is 2. The quantitative estimate of drug-likeness (QED) is 0.877. The van der Waals surface area contributed by atoms with E-state index in [-0.39, 0.29) is 11.8 Å². The van der Waals surface area contributed by atoms with E-state index in [2.05, 4.69) is 5.32 Å². The standard InChI is InChI=1S/C21H21ClN2O2/c1-14(25)24-11-8-15-12-18(6-7-19(15)24)23-20(26)21(9-3-10-21)16-4-2-5-17(22)13-16/h2,4-7,12-13H,3,8-11H2,1H3,(H,23,26). The van der Waals surface area contributed by atoms with Crippen LogP contribution in [0.1, 0.15) is 37.3 Å². The number of carbonyl (C=O) groups is 2. The summed E-state index contributed by atoms with van der Waals surface area (Å²) in [6, 6.07) is 13.4. The van der Waals surface area contributed by atoms with Crippen molar-refractivity contribution in [3.63, 3.8) is 0 Å². The number of anilines is 2. The summed E-state index contributed by atoms with van der Waals surface area (Å²) in [7, 11) is 0. The Morgan fingerprint density at radius 1 is 1.15 bits per heavy atom. The highest BCUT2D eigenvalue weighted by atomic mass is 35.5. The molecule has 0 radical (unpaired) electrons. The third-order valence-electron chi connectivity index (χ3n) is 5.63. The van der Waals surface area contributed by atoms with Gasteiger partial charge in [-0.1, -0.05) is 30.2 Å². The zero-order chi connectivity index (χ0) is 18.3. The first kappa shape index (κ1) is 17.1. The second-order valence-corrected chi connectivity index (χ2v) is 7.60. The number of nitrogens with zero attached hydrogens (tertiary/aromatic N) is 1. The van der Waals surface area contributed by atoms with Crippen molar-refractivity contribution in [2.24, 2.45) is 0 Å². The molecule has 1 aliphatic heterocycles. The Labute approximate surface area is 158 Å². The van der Waals surface area contributed by atoms with Gasteiger partial charge in [-0.25, -0.2) is 0 Å². The van der Waals surface area contributed by atoms with Crippen molar-refractivity contribution in [2.75, 3.05) is 16.8 Å². The first-order valence-electron chi connectivity index (χ1n) is 8.98. The van der Waals surface area contributed by atoms with Crippen LogP contribution in [0.4, 0.5) is 11.4 Å². The van der Waals surface area contributed by atoms with E-state index in [4.69, 9.17) is 11.6 Å². The molecule has 0 atom stereocenters. The molecule has 26 heavy (non-hydrogen) atoms. The fraction of sp³-hybridized carbons (Fsp3) is 0.333. The number of fused-ring (bicyclic) bond motifs is 1. The molecule has 0 unspecified atom stereocenters. The van der Waals surface area contributed by atoms with E-state index in [9.17, 15) is 9.59 Å². The Hall–Kier alpha value is -2.33. The minimum Gasteiger partial charge on any atom is -0.325 e. The Bertz CT molecular complexity index is 889. The van der Waals surface area contributed by atoms with Crippen molar-refractivity contribution in [3.8, 4) is 0 Å². The van der Waals surface area contributed by atoms with Gasteiger partial charge in [-0.2, -0.15) is 0 Å². The fourth-order valence-corrected chi connectivity index (χ4v) is 4.21. The van der Waals surface area contributed by atoms with E-state index in [0.29, 0.717) is 11.6 Å². The van der Waals surface area contributed by atoms with Crippen LogP contribution in [0, 0.1) is 0 Å². The molecule has 2 amide bonds. The maximum absolute atomic E-state index is 13.1. The number of rotatable bonds is 3. The lowest BCUT2D eigenvalue weighted by Gasteiger charge is -2.40. The van der Waals surface area contributed by atoms with Gasteiger partial charge in [0.1, 0.15) is 0 Å². The molecule has 134 valence electrons. The highest BCUT2D eigenvalue weighted by Crippen LogP contribution is 2.45. The lowest BCUT2D eigenvalue weighted by Crippen LogP contribution is -2.46. The Kier molecular flexibility index (Phi) is 4.23. The van der Waals surface area contributed by atoms with Crippen LogP contribution >= 0.6 is 11.6 Å². The number of nitrogens with one attached hydrogen (secondary N) is 1. The van der Waals surface area contributed by atoms with Crippen molar-refractivity contribution >= 4 is 34.8 Å². The monoisotopic (exact) mass is 368 g/mol. The highest BCUT2D eigenvalue weighted by Gasteiger charge is 2.45. The normalized spacial score (nSPS) is 17.4. The molecule has 0 bridgehead atoms. The van der Waals surface area contributed by atoms with Crippen LogP contribution in [0.3, 0.4) is 0 Å². The van der Waals surface area contributed by atoms with E-state index in [0.717, 1.165) is 48.2 Å². The molecule has 2 aromatic carbocycles. The van der Waals surface area contributed by atoms with Gasteiger partial charge >= 0.3 is 0 Å². The Balaban J connectivity index is 1.58. The topological polar surface area (TPSA) is 49.4 Å². The van der Waals surface area contributed by atoms with Crippen LogP contribution in [0.5, 0.6) is 0 Å². The summed E-state index contributed by atoms with van der Waals surface area (Å²) in [5, 5.41) is 3.75. The van der Waals surface area contributed by atoms with E-state index in [1.54, 1.807) is 11.8 Å². The molecular weight excluding hydrogens is 348 g/mol. The summed E-state index contributed by atoms with van der Waals surface area (Å²) in [5.74, 6) is 0.0716. The third-order valence-corrected chi connectivity index (χ3v) is 5.87. The SMILES string of the molecule is CC(=O)N1CCc2cc(NC(=O)C3(c4cccc(Cl)c4)CCC3)ccc21. The van der Waals surface area contributed by atoms with Gasteiger partial charge in [0.2, 0.25) is 11.8 Å². The van der Waals surface area contributed by atoms with Crippen molar-refractivity contribution in [1.29, 1.82) is 0 Å². The number of benzene rings is 2. The van der Waals surface area contributed by atoms with Gasteiger partial charge in [-0.05, 0) is 60.7 Å². The lowest BCUT2D eigenvalue weighted by molar-refractivity contribution is -0.124. The maximum Gasteiger partial charge on any atom is 0.235 e. The van der Waals surface area contributed by atoms with Crippen molar-refractivity contribution in [3.05, 3.63) is 58.6 Å². The average molecular weight is 369 g/mol. The molecule has 1 saturated carbocycles. The second kappa shape index (κ2) is 6.44. The highest BCUT2D eigenvalue weighted by molar-refractivity contribution is 6.30. The molecule has 1 N–H and O–H groups in total. The first-order chi connectivity index (χ1) is 12.5. The zero-order valence-corrected chi connectivity index (χ0v) is 15.5. The predicted molar refractivity (Wildman–Crippen MR) is 104 cm³/mol. The van der Waals surface area contributed by atoms with E-state index in [1.807, 2.05) is 42.5 Å². The number of hydrogen-bond donors (Lipinski definition) is 1. The van der Waals surface area contributed by atoms with E-state index >= 15 is 0 Å². The van der Waals surface area contributed by atoms with Gasteiger partial charge in [-0.15, -0.1) is 0 Å². The van der Waals surface area contributed by atoms with Gasteiger partial charge in [-0.3, -0.25) is 9.59 Å². The molecular formula is C21H21ClN2O2. The molecule has 2 aromatic rings. The van der Waals surface area contributed by atoms with Gasteiger partial charge in [0.25, 0.3) is 0 Å². The smallest absolute Gasteiger partial charge is 0.235 e.